The number of aromatic hydroxyl groups is 1. The van der Waals surface area contributed by atoms with E-state index in [4.69, 9.17) is 0 Å². The van der Waals surface area contributed by atoms with Gasteiger partial charge in [-0.15, -0.1) is 10.2 Å². The second kappa shape index (κ2) is 6.91. The Labute approximate surface area is 151 Å². The van der Waals surface area contributed by atoms with Gasteiger partial charge in [0.1, 0.15) is 11.6 Å². The third-order valence-corrected chi connectivity index (χ3v) is 4.29. The summed E-state index contributed by atoms with van der Waals surface area (Å²) in [6.07, 6.45) is -4.84. The number of benzene rings is 1. The van der Waals surface area contributed by atoms with Crippen LogP contribution in [-0.2, 0) is 6.18 Å². The largest absolute Gasteiger partial charge is 0.507 e. The van der Waals surface area contributed by atoms with E-state index in [2.05, 4.69) is 20.8 Å². The molecule has 5 nitrogen and oxygen atoms in total. The van der Waals surface area contributed by atoms with Gasteiger partial charge < -0.3 is 15.7 Å². The van der Waals surface area contributed by atoms with Crippen molar-refractivity contribution in [1.29, 1.82) is 0 Å². The number of phenols is 1. The highest BCUT2D eigenvalue weighted by atomic mass is 19.4. The lowest BCUT2D eigenvalue weighted by atomic mass is 10.0. The highest BCUT2D eigenvalue weighted by Crippen LogP contribution is 2.38. The number of anilines is 1. The molecule has 0 spiro atoms. The number of nitrogens with one attached hydrogen (secondary N) is 2. The number of halogens is 5. The Kier molecular flexibility index (Phi) is 4.94. The molecule has 2 aromatic rings. The van der Waals surface area contributed by atoms with Crippen LogP contribution in [0.1, 0.15) is 17.5 Å². The van der Waals surface area contributed by atoms with Crippen LogP contribution < -0.4 is 10.6 Å². The molecule has 1 atom stereocenters. The molecule has 1 aliphatic rings. The van der Waals surface area contributed by atoms with Crippen molar-refractivity contribution in [3.63, 3.8) is 0 Å². The lowest BCUT2D eigenvalue weighted by Gasteiger charge is -2.14. The number of hydrogen-bond donors (Lipinski definition) is 3. The molecule has 1 fully saturated rings. The summed E-state index contributed by atoms with van der Waals surface area (Å²) in [7, 11) is 0. The van der Waals surface area contributed by atoms with Crippen molar-refractivity contribution < 1.29 is 27.1 Å². The highest BCUT2D eigenvalue weighted by molar-refractivity contribution is 5.71. The monoisotopic (exact) mass is 388 g/mol. The van der Waals surface area contributed by atoms with E-state index in [-0.39, 0.29) is 36.3 Å². The standard InChI is InChI=1S/C17H17F5N4O/c1-9-4-10(17(20,21)22)5-13(27)15(9)12-2-3-14(26-25-12)23-7-11-6-16(18,19)8-24-11/h2-5,11,24,27H,6-8H2,1H3,(H,23,26)/t11-/m0/s1. The molecule has 2 heterocycles. The van der Waals surface area contributed by atoms with Crippen molar-refractivity contribution in [3.05, 3.63) is 35.4 Å². The van der Waals surface area contributed by atoms with Gasteiger partial charge in [0.05, 0.1) is 17.8 Å². The molecule has 3 rings (SSSR count). The minimum absolute atomic E-state index is 0.152. The van der Waals surface area contributed by atoms with Gasteiger partial charge in [-0.05, 0) is 36.8 Å². The summed E-state index contributed by atoms with van der Waals surface area (Å²) >= 11 is 0. The molecule has 10 heteroatoms. The van der Waals surface area contributed by atoms with Crippen molar-refractivity contribution in [3.8, 4) is 17.0 Å². The van der Waals surface area contributed by atoms with Gasteiger partial charge in [0.25, 0.3) is 5.92 Å². The van der Waals surface area contributed by atoms with Crippen LogP contribution in [0.25, 0.3) is 11.3 Å². The second-order valence-electron chi connectivity index (χ2n) is 6.51. The Balaban J connectivity index is 1.72. The number of hydrogen-bond acceptors (Lipinski definition) is 5. The Hall–Kier alpha value is -2.49. The zero-order valence-electron chi connectivity index (χ0n) is 14.2. The molecule has 1 aromatic carbocycles. The summed E-state index contributed by atoms with van der Waals surface area (Å²) in [6.45, 7) is 1.30. The van der Waals surface area contributed by atoms with Gasteiger partial charge in [-0.2, -0.15) is 13.2 Å². The van der Waals surface area contributed by atoms with Gasteiger partial charge in [0.2, 0.25) is 0 Å². The molecule has 3 N–H and O–H groups in total. The number of rotatable bonds is 4. The fraction of sp³-hybridized carbons (Fsp3) is 0.412. The van der Waals surface area contributed by atoms with Crippen molar-refractivity contribution >= 4 is 5.82 Å². The first kappa shape index (κ1) is 19.3. The maximum absolute atomic E-state index is 13.1. The first-order valence-electron chi connectivity index (χ1n) is 8.15. The van der Waals surface area contributed by atoms with Crippen LogP contribution in [0, 0.1) is 6.92 Å². The molecule has 1 saturated heterocycles. The Bertz CT molecular complexity index is 800. The van der Waals surface area contributed by atoms with E-state index in [1.807, 2.05) is 0 Å². The molecule has 146 valence electrons. The minimum atomic E-state index is -4.56. The zero-order valence-corrected chi connectivity index (χ0v) is 14.2. The van der Waals surface area contributed by atoms with Crippen molar-refractivity contribution in [2.24, 2.45) is 0 Å². The Morgan fingerprint density at radius 2 is 2.00 bits per heavy atom. The second-order valence-corrected chi connectivity index (χ2v) is 6.51. The third kappa shape index (κ3) is 4.44. The maximum Gasteiger partial charge on any atom is 0.416 e. The molecular formula is C17H17F5N4O. The van der Waals surface area contributed by atoms with E-state index < -0.39 is 29.5 Å². The normalized spacial score (nSPS) is 19.3. The molecular weight excluding hydrogens is 371 g/mol. The summed E-state index contributed by atoms with van der Waals surface area (Å²) in [6, 6.07) is 4.17. The highest BCUT2D eigenvalue weighted by Gasteiger charge is 2.39. The van der Waals surface area contributed by atoms with Crippen LogP contribution in [0.15, 0.2) is 24.3 Å². The van der Waals surface area contributed by atoms with Gasteiger partial charge in [-0.25, -0.2) is 8.78 Å². The number of phenolic OH excluding ortho intramolecular Hbond substituents is 1. The van der Waals surface area contributed by atoms with Gasteiger partial charge in [0.15, 0.2) is 0 Å². The topological polar surface area (TPSA) is 70.1 Å². The SMILES string of the molecule is Cc1cc(C(F)(F)F)cc(O)c1-c1ccc(NC[C@@H]2CC(F)(F)CN2)nn1. The van der Waals surface area contributed by atoms with E-state index in [1.54, 1.807) is 0 Å². The Morgan fingerprint density at radius 1 is 1.26 bits per heavy atom. The fourth-order valence-corrected chi connectivity index (χ4v) is 3.00. The predicted molar refractivity (Wildman–Crippen MR) is 88.7 cm³/mol. The van der Waals surface area contributed by atoms with Crippen LogP contribution >= 0.6 is 0 Å². The average molecular weight is 388 g/mol. The van der Waals surface area contributed by atoms with E-state index in [1.165, 1.54) is 19.1 Å². The maximum atomic E-state index is 13.1. The third-order valence-electron chi connectivity index (χ3n) is 4.29. The predicted octanol–water partition coefficient (Wildman–Crippen LogP) is 3.59. The van der Waals surface area contributed by atoms with E-state index in [0.717, 1.165) is 6.07 Å². The van der Waals surface area contributed by atoms with E-state index >= 15 is 0 Å². The quantitative estimate of drug-likeness (QED) is 0.699. The molecule has 1 aromatic heterocycles. The minimum Gasteiger partial charge on any atom is -0.507 e. The molecule has 0 amide bonds. The van der Waals surface area contributed by atoms with Crippen LogP contribution in [0.3, 0.4) is 0 Å². The molecule has 1 aliphatic heterocycles. The van der Waals surface area contributed by atoms with E-state index in [0.29, 0.717) is 11.9 Å². The van der Waals surface area contributed by atoms with Crippen molar-refractivity contribution in [2.75, 3.05) is 18.4 Å². The first-order valence-corrected chi connectivity index (χ1v) is 8.15. The zero-order chi connectivity index (χ0) is 19.8. The lowest BCUT2D eigenvalue weighted by molar-refractivity contribution is -0.137. The van der Waals surface area contributed by atoms with Crippen molar-refractivity contribution in [1.82, 2.24) is 15.5 Å². The van der Waals surface area contributed by atoms with Crippen LogP contribution in [0.2, 0.25) is 0 Å². The van der Waals surface area contributed by atoms with Crippen LogP contribution in [0.4, 0.5) is 27.8 Å². The van der Waals surface area contributed by atoms with Crippen LogP contribution in [-0.4, -0.2) is 40.4 Å². The Morgan fingerprint density at radius 3 is 2.52 bits per heavy atom. The molecule has 27 heavy (non-hydrogen) atoms. The summed E-state index contributed by atoms with van der Waals surface area (Å²) in [4.78, 5) is 0. The number of aryl methyl sites for hydroxylation is 1. The molecule has 0 radical (unpaired) electrons. The van der Waals surface area contributed by atoms with E-state index in [9.17, 15) is 27.1 Å². The molecule has 0 unspecified atom stereocenters. The van der Waals surface area contributed by atoms with Gasteiger partial charge in [-0.3, -0.25) is 0 Å². The molecule has 0 bridgehead atoms. The summed E-state index contributed by atoms with van der Waals surface area (Å²) in [5, 5.41) is 23.4. The van der Waals surface area contributed by atoms with Crippen LogP contribution in [0.5, 0.6) is 5.75 Å². The molecule has 0 aliphatic carbocycles. The lowest BCUT2D eigenvalue weighted by Crippen LogP contribution is -2.29. The summed E-state index contributed by atoms with van der Waals surface area (Å²) < 4.78 is 64.6. The van der Waals surface area contributed by atoms with Gasteiger partial charge in [0, 0.05) is 24.6 Å². The smallest absolute Gasteiger partial charge is 0.416 e. The van der Waals surface area contributed by atoms with Gasteiger partial charge in [-0.1, -0.05) is 0 Å². The van der Waals surface area contributed by atoms with Crippen molar-refractivity contribution in [2.45, 2.75) is 31.5 Å². The number of alkyl halides is 5. The average Bonchev–Trinajstić information content (AvgIpc) is 2.91. The molecule has 0 saturated carbocycles. The summed E-state index contributed by atoms with van der Waals surface area (Å²) in [5.41, 5.74) is -0.392. The van der Waals surface area contributed by atoms with Gasteiger partial charge >= 0.3 is 6.18 Å². The fourth-order valence-electron chi connectivity index (χ4n) is 3.00. The first-order chi connectivity index (χ1) is 12.5. The number of nitrogens with zero attached hydrogens (tertiary/aromatic N) is 2. The summed E-state index contributed by atoms with van der Waals surface area (Å²) in [5.74, 6) is -2.94. The number of aromatic nitrogens is 2.